The van der Waals surface area contributed by atoms with Gasteiger partial charge in [0.15, 0.2) is 0 Å². The van der Waals surface area contributed by atoms with Crippen LogP contribution in [-0.2, 0) is 22.9 Å². The van der Waals surface area contributed by atoms with Gasteiger partial charge in [0.25, 0.3) is 0 Å². The molecule has 0 radical (unpaired) electrons. The summed E-state index contributed by atoms with van der Waals surface area (Å²) in [6, 6.07) is 15.8. The van der Waals surface area contributed by atoms with Crippen LogP contribution in [0.1, 0.15) is 27.3 Å². The summed E-state index contributed by atoms with van der Waals surface area (Å²) in [7, 11) is -3.30. The zero-order chi connectivity index (χ0) is 18.1. The van der Waals surface area contributed by atoms with E-state index in [1.165, 1.54) is 16.0 Å². The van der Waals surface area contributed by atoms with Gasteiger partial charge in [-0.2, -0.15) is 0 Å². The summed E-state index contributed by atoms with van der Waals surface area (Å²) in [5, 5.41) is 0. The molecule has 1 aliphatic rings. The third-order valence-electron chi connectivity index (χ3n) is 4.33. The number of nitrogens with one attached hydrogen (secondary N) is 1. The Balaban J connectivity index is 1.84. The Bertz CT molecular complexity index is 1100. The highest BCUT2D eigenvalue weighted by molar-refractivity contribution is 7.92. The SMILES string of the molecule is CS(=O)(=O)Nc1cccc(C=C2c3ccccc3CCc3scnc32)c1. The van der Waals surface area contributed by atoms with E-state index in [9.17, 15) is 8.42 Å². The molecule has 3 aromatic rings. The molecule has 26 heavy (non-hydrogen) atoms. The molecule has 1 aliphatic carbocycles. The van der Waals surface area contributed by atoms with Crippen LogP contribution in [0.3, 0.4) is 0 Å². The molecule has 6 heteroatoms. The summed E-state index contributed by atoms with van der Waals surface area (Å²) in [5.74, 6) is 0. The standard InChI is InChI=1S/C20H18N2O2S2/c1-26(23,24)22-16-7-4-5-14(11-16)12-18-17-8-3-2-6-15(17)9-10-19-20(18)21-13-25-19/h2-8,11-13,22H,9-10H2,1H3. The Morgan fingerprint density at radius 3 is 2.81 bits per heavy atom. The Morgan fingerprint density at radius 2 is 1.96 bits per heavy atom. The van der Waals surface area contributed by atoms with Gasteiger partial charge in [-0.1, -0.05) is 36.4 Å². The van der Waals surface area contributed by atoms with E-state index < -0.39 is 10.0 Å². The number of rotatable bonds is 3. The van der Waals surface area contributed by atoms with Crippen LogP contribution in [0.5, 0.6) is 0 Å². The fourth-order valence-electron chi connectivity index (χ4n) is 3.26. The first kappa shape index (κ1) is 17.0. The van der Waals surface area contributed by atoms with Crippen LogP contribution in [0.15, 0.2) is 54.0 Å². The van der Waals surface area contributed by atoms with E-state index >= 15 is 0 Å². The molecule has 4 rings (SSSR count). The largest absolute Gasteiger partial charge is 0.284 e. The maximum atomic E-state index is 11.5. The van der Waals surface area contributed by atoms with E-state index in [4.69, 9.17) is 0 Å². The molecule has 132 valence electrons. The molecule has 0 spiro atoms. The van der Waals surface area contributed by atoms with E-state index in [0.717, 1.165) is 35.9 Å². The molecule has 1 aromatic heterocycles. The molecule has 0 saturated carbocycles. The lowest BCUT2D eigenvalue weighted by Crippen LogP contribution is -2.09. The predicted octanol–water partition coefficient (Wildman–Crippen LogP) is 4.20. The summed E-state index contributed by atoms with van der Waals surface area (Å²) in [4.78, 5) is 5.90. The van der Waals surface area contributed by atoms with E-state index in [2.05, 4.69) is 34.0 Å². The zero-order valence-electron chi connectivity index (χ0n) is 14.3. The topological polar surface area (TPSA) is 59.1 Å². The van der Waals surface area contributed by atoms with Crippen LogP contribution in [-0.4, -0.2) is 19.7 Å². The molecule has 0 atom stereocenters. The van der Waals surface area contributed by atoms with Gasteiger partial charge in [0.05, 0.1) is 17.5 Å². The Morgan fingerprint density at radius 1 is 1.12 bits per heavy atom. The molecular weight excluding hydrogens is 364 g/mol. The smallest absolute Gasteiger partial charge is 0.229 e. The maximum Gasteiger partial charge on any atom is 0.229 e. The number of hydrogen-bond donors (Lipinski definition) is 1. The molecule has 0 bridgehead atoms. The quantitative estimate of drug-likeness (QED) is 0.738. The number of anilines is 1. The van der Waals surface area contributed by atoms with Crippen molar-refractivity contribution >= 4 is 38.7 Å². The van der Waals surface area contributed by atoms with Gasteiger partial charge < -0.3 is 0 Å². The second kappa shape index (κ2) is 6.70. The van der Waals surface area contributed by atoms with Gasteiger partial charge >= 0.3 is 0 Å². The number of sulfonamides is 1. The van der Waals surface area contributed by atoms with E-state index in [1.54, 1.807) is 17.4 Å². The fourth-order valence-corrected chi connectivity index (χ4v) is 4.60. The van der Waals surface area contributed by atoms with Crippen molar-refractivity contribution in [3.05, 3.63) is 81.3 Å². The minimum Gasteiger partial charge on any atom is -0.284 e. The average Bonchev–Trinajstić information content (AvgIpc) is 3.00. The van der Waals surface area contributed by atoms with Gasteiger partial charge in [-0.25, -0.2) is 13.4 Å². The molecule has 0 fully saturated rings. The lowest BCUT2D eigenvalue weighted by molar-refractivity contribution is 0.607. The minimum absolute atomic E-state index is 0.558. The summed E-state index contributed by atoms with van der Waals surface area (Å²) >= 11 is 1.69. The van der Waals surface area contributed by atoms with Crippen LogP contribution in [0.25, 0.3) is 11.6 Å². The van der Waals surface area contributed by atoms with E-state index in [0.29, 0.717) is 5.69 Å². The highest BCUT2D eigenvalue weighted by atomic mass is 32.2. The number of hydrogen-bond acceptors (Lipinski definition) is 4. The van der Waals surface area contributed by atoms with Crippen molar-refractivity contribution in [3.63, 3.8) is 0 Å². The molecule has 4 nitrogen and oxygen atoms in total. The first-order chi connectivity index (χ1) is 12.5. The first-order valence-corrected chi connectivity index (χ1v) is 11.1. The van der Waals surface area contributed by atoms with Gasteiger partial charge in [0.1, 0.15) is 0 Å². The number of nitrogens with zero attached hydrogens (tertiary/aromatic N) is 1. The normalized spacial score (nSPS) is 15.2. The van der Waals surface area contributed by atoms with Crippen molar-refractivity contribution in [2.45, 2.75) is 12.8 Å². The third-order valence-corrected chi connectivity index (χ3v) is 5.83. The molecule has 2 aromatic carbocycles. The predicted molar refractivity (Wildman–Crippen MR) is 108 cm³/mol. The maximum absolute atomic E-state index is 11.5. The number of aromatic nitrogens is 1. The molecule has 1 heterocycles. The number of benzene rings is 2. The molecular formula is C20H18N2O2S2. The van der Waals surface area contributed by atoms with E-state index in [1.807, 2.05) is 29.8 Å². The molecule has 0 amide bonds. The van der Waals surface area contributed by atoms with Gasteiger partial charge in [-0.3, -0.25) is 4.72 Å². The van der Waals surface area contributed by atoms with Crippen LogP contribution in [0.4, 0.5) is 5.69 Å². The lowest BCUT2D eigenvalue weighted by Gasteiger charge is -2.10. The summed E-state index contributed by atoms with van der Waals surface area (Å²) < 4.78 is 25.5. The van der Waals surface area contributed by atoms with Gasteiger partial charge in [-0.05, 0) is 47.7 Å². The van der Waals surface area contributed by atoms with Crippen molar-refractivity contribution in [1.29, 1.82) is 0 Å². The van der Waals surface area contributed by atoms with Crippen molar-refractivity contribution in [2.24, 2.45) is 0 Å². The van der Waals surface area contributed by atoms with Crippen LogP contribution >= 0.6 is 11.3 Å². The second-order valence-corrected chi connectivity index (χ2v) is 9.03. The first-order valence-electron chi connectivity index (χ1n) is 8.30. The number of aryl methyl sites for hydroxylation is 2. The summed E-state index contributed by atoms with van der Waals surface area (Å²) in [6.07, 6.45) is 5.24. The molecule has 0 aliphatic heterocycles. The van der Waals surface area contributed by atoms with Crippen molar-refractivity contribution < 1.29 is 8.42 Å². The van der Waals surface area contributed by atoms with E-state index in [-0.39, 0.29) is 0 Å². The highest BCUT2D eigenvalue weighted by Gasteiger charge is 2.20. The van der Waals surface area contributed by atoms with Gasteiger partial charge in [0.2, 0.25) is 10.0 Å². The third kappa shape index (κ3) is 3.57. The fraction of sp³-hybridized carbons (Fsp3) is 0.150. The van der Waals surface area contributed by atoms with Crippen molar-refractivity contribution in [3.8, 4) is 0 Å². The van der Waals surface area contributed by atoms with Gasteiger partial charge in [-0.15, -0.1) is 11.3 Å². The molecule has 0 unspecified atom stereocenters. The summed E-state index contributed by atoms with van der Waals surface area (Å²) in [6.45, 7) is 0. The van der Waals surface area contributed by atoms with Crippen molar-refractivity contribution in [2.75, 3.05) is 11.0 Å². The monoisotopic (exact) mass is 382 g/mol. The Labute approximate surface area is 157 Å². The molecule has 0 saturated heterocycles. The highest BCUT2D eigenvalue weighted by Crippen LogP contribution is 2.35. The number of thiazole rings is 1. The average molecular weight is 383 g/mol. The lowest BCUT2D eigenvalue weighted by atomic mass is 9.96. The Kier molecular flexibility index (Phi) is 4.38. The molecule has 1 N–H and O–H groups in total. The van der Waals surface area contributed by atoms with Gasteiger partial charge in [0, 0.05) is 16.1 Å². The second-order valence-electron chi connectivity index (χ2n) is 6.34. The Hall–Kier alpha value is -2.44. The summed E-state index contributed by atoms with van der Waals surface area (Å²) in [5.41, 5.74) is 8.01. The van der Waals surface area contributed by atoms with Crippen LogP contribution in [0.2, 0.25) is 0 Å². The van der Waals surface area contributed by atoms with Crippen LogP contribution in [0, 0.1) is 0 Å². The minimum atomic E-state index is -3.30. The van der Waals surface area contributed by atoms with Crippen LogP contribution < -0.4 is 4.72 Å². The van der Waals surface area contributed by atoms with Crippen molar-refractivity contribution in [1.82, 2.24) is 4.98 Å². The zero-order valence-corrected chi connectivity index (χ0v) is 15.9. The number of fused-ring (bicyclic) bond motifs is 2.